The van der Waals surface area contributed by atoms with Crippen molar-refractivity contribution in [2.75, 3.05) is 38.1 Å². The fourth-order valence-corrected chi connectivity index (χ4v) is 4.27. The third-order valence-electron chi connectivity index (χ3n) is 5.71. The number of carbonyl (C=O) groups is 1. The van der Waals surface area contributed by atoms with Gasteiger partial charge in [-0.05, 0) is 49.3 Å². The van der Waals surface area contributed by atoms with E-state index in [1.54, 1.807) is 0 Å². The maximum absolute atomic E-state index is 11.3. The lowest BCUT2D eigenvalue weighted by Gasteiger charge is -2.34. The van der Waals surface area contributed by atoms with Crippen molar-refractivity contribution in [3.05, 3.63) is 23.9 Å². The molecule has 3 heterocycles. The summed E-state index contributed by atoms with van der Waals surface area (Å²) in [4.78, 5) is 25.0. The van der Waals surface area contributed by atoms with E-state index in [-0.39, 0.29) is 5.91 Å². The van der Waals surface area contributed by atoms with Gasteiger partial charge in [0, 0.05) is 52.4 Å². The molecule has 2 aliphatic heterocycles. The number of rotatable bonds is 5. The first kappa shape index (κ1) is 20.4. The summed E-state index contributed by atoms with van der Waals surface area (Å²) < 4.78 is 0. The minimum atomic E-state index is -0.215. The van der Waals surface area contributed by atoms with Crippen LogP contribution in [0.4, 0.5) is 5.82 Å². The number of nitrogens with zero attached hydrogens (tertiary/aromatic N) is 4. The lowest BCUT2D eigenvalue weighted by Crippen LogP contribution is -2.46. The molecule has 0 saturated carbocycles. The lowest BCUT2D eigenvalue weighted by atomic mass is 9.95. The molecule has 0 aromatic carbocycles. The summed E-state index contributed by atoms with van der Waals surface area (Å²) in [6.45, 7) is 4.70. The second-order valence-corrected chi connectivity index (χ2v) is 7.95. The monoisotopic (exact) mass is 386 g/mol. The number of aliphatic imine (C=N–C) groups is 1. The predicted octanol–water partition coefficient (Wildman–Crippen LogP) is 2.12. The predicted molar refractivity (Wildman–Crippen MR) is 113 cm³/mol. The number of likely N-dealkylation sites (tertiary alicyclic amines) is 1. The Kier molecular flexibility index (Phi) is 7.51. The standard InChI is InChI=1S/C21H34N6O/c1-23-21(27-12-6-7-18(16-27)13-19(22)28)25-15-17-8-9-24-20(14-17)26-10-4-2-3-5-11-26/h8-9,14,18H,2-7,10-13,15-16H2,1H3,(H2,22,28)(H,23,25). The Balaban J connectivity index is 1.57. The van der Waals surface area contributed by atoms with Crippen molar-refractivity contribution in [3.63, 3.8) is 0 Å². The van der Waals surface area contributed by atoms with Crippen LogP contribution < -0.4 is 16.0 Å². The van der Waals surface area contributed by atoms with Gasteiger partial charge in [-0.15, -0.1) is 0 Å². The fourth-order valence-electron chi connectivity index (χ4n) is 4.27. The van der Waals surface area contributed by atoms with Gasteiger partial charge in [0.05, 0.1) is 0 Å². The summed E-state index contributed by atoms with van der Waals surface area (Å²) in [7, 11) is 1.81. The summed E-state index contributed by atoms with van der Waals surface area (Å²) in [5, 5.41) is 3.49. The van der Waals surface area contributed by atoms with Crippen LogP contribution >= 0.6 is 0 Å². The average Bonchev–Trinajstić information content (AvgIpc) is 2.98. The lowest BCUT2D eigenvalue weighted by molar-refractivity contribution is -0.119. The second kappa shape index (κ2) is 10.3. The van der Waals surface area contributed by atoms with E-state index in [9.17, 15) is 4.79 Å². The molecule has 1 aromatic rings. The van der Waals surface area contributed by atoms with E-state index in [1.807, 2.05) is 13.2 Å². The van der Waals surface area contributed by atoms with Gasteiger partial charge in [0.15, 0.2) is 5.96 Å². The van der Waals surface area contributed by atoms with Crippen LogP contribution in [0.25, 0.3) is 0 Å². The zero-order valence-electron chi connectivity index (χ0n) is 17.1. The Morgan fingerprint density at radius 3 is 2.75 bits per heavy atom. The Morgan fingerprint density at radius 2 is 2.04 bits per heavy atom. The van der Waals surface area contributed by atoms with Crippen molar-refractivity contribution >= 4 is 17.7 Å². The minimum absolute atomic E-state index is 0.215. The van der Waals surface area contributed by atoms with E-state index < -0.39 is 0 Å². The van der Waals surface area contributed by atoms with Gasteiger partial charge < -0.3 is 20.9 Å². The Bertz CT molecular complexity index is 669. The zero-order valence-corrected chi connectivity index (χ0v) is 17.1. The van der Waals surface area contributed by atoms with Crippen LogP contribution in [0.15, 0.2) is 23.3 Å². The number of carbonyl (C=O) groups excluding carboxylic acids is 1. The Morgan fingerprint density at radius 1 is 1.25 bits per heavy atom. The molecule has 7 heteroatoms. The van der Waals surface area contributed by atoms with Crippen LogP contribution in [-0.4, -0.2) is 55.0 Å². The molecule has 0 aliphatic carbocycles. The van der Waals surface area contributed by atoms with Gasteiger partial charge in [0.1, 0.15) is 5.82 Å². The molecular formula is C21H34N6O. The maximum atomic E-state index is 11.3. The summed E-state index contributed by atoms with van der Waals surface area (Å²) in [6, 6.07) is 4.26. The van der Waals surface area contributed by atoms with Crippen molar-refractivity contribution in [1.29, 1.82) is 0 Å². The first-order valence-corrected chi connectivity index (χ1v) is 10.6. The number of amides is 1. The molecule has 1 aromatic heterocycles. The molecule has 154 valence electrons. The molecule has 0 spiro atoms. The SMILES string of the molecule is CN=C(NCc1ccnc(N2CCCCCC2)c1)N1CCCC(CC(N)=O)C1. The molecule has 7 nitrogen and oxygen atoms in total. The average molecular weight is 387 g/mol. The van der Waals surface area contributed by atoms with E-state index in [0.717, 1.165) is 50.8 Å². The molecular weight excluding hydrogens is 352 g/mol. The smallest absolute Gasteiger partial charge is 0.217 e. The van der Waals surface area contributed by atoms with Crippen molar-refractivity contribution in [2.45, 2.75) is 51.5 Å². The van der Waals surface area contributed by atoms with E-state index >= 15 is 0 Å². The number of primary amides is 1. The van der Waals surface area contributed by atoms with Crippen molar-refractivity contribution in [2.24, 2.45) is 16.6 Å². The number of hydrogen-bond acceptors (Lipinski definition) is 4. The Hall–Kier alpha value is -2.31. The molecule has 3 rings (SSSR count). The molecule has 0 bridgehead atoms. The van der Waals surface area contributed by atoms with Crippen LogP contribution in [0.1, 0.15) is 50.5 Å². The first-order valence-electron chi connectivity index (χ1n) is 10.6. The molecule has 2 fully saturated rings. The van der Waals surface area contributed by atoms with Gasteiger partial charge in [-0.3, -0.25) is 9.79 Å². The molecule has 2 saturated heterocycles. The minimum Gasteiger partial charge on any atom is -0.370 e. The van der Waals surface area contributed by atoms with E-state index in [2.05, 4.69) is 37.2 Å². The summed E-state index contributed by atoms with van der Waals surface area (Å²) in [5.74, 6) is 2.07. The largest absolute Gasteiger partial charge is 0.370 e. The van der Waals surface area contributed by atoms with Gasteiger partial charge in [-0.25, -0.2) is 4.98 Å². The fraction of sp³-hybridized carbons (Fsp3) is 0.667. The third-order valence-corrected chi connectivity index (χ3v) is 5.71. The number of nitrogens with two attached hydrogens (primary N) is 1. The summed E-state index contributed by atoms with van der Waals surface area (Å²) >= 11 is 0. The third kappa shape index (κ3) is 5.84. The van der Waals surface area contributed by atoms with Crippen LogP contribution in [0.2, 0.25) is 0 Å². The number of aromatic nitrogens is 1. The highest BCUT2D eigenvalue weighted by atomic mass is 16.1. The number of guanidine groups is 1. The molecule has 1 amide bonds. The van der Waals surface area contributed by atoms with Crippen LogP contribution in [-0.2, 0) is 11.3 Å². The van der Waals surface area contributed by atoms with E-state index in [1.165, 1.54) is 31.2 Å². The molecule has 3 N–H and O–H groups in total. The quantitative estimate of drug-likeness (QED) is 0.598. The Labute approximate surface area is 168 Å². The van der Waals surface area contributed by atoms with Crippen LogP contribution in [0.5, 0.6) is 0 Å². The maximum Gasteiger partial charge on any atom is 0.217 e. The van der Waals surface area contributed by atoms with Crippen LogP contribution in [0, 0.1) is 5.92 Å². The zero-order chi connectivity index (χ0) is 19.8. The normalized spacial score (nSPS) is 21.3. The van der Waals surface area contributed by atoms with Crippen molar-refractivity contribution in [3.8, 4) is 0 Å². The number of anilines is 1. The van der Waals surface area contributed by atoms with Gasteiger partial charge >= 0.3 is 0 Å². The molecule has 1 atom stereocenters. The second-order valence-electron chi connectivity index (χ2n) is 7.95. The first-order chi connectivity index (χ1) is 13.7. The summed E-state index contributed by atoms with van der Waals surface area (Å²) in [5.41, 5.74) is 6.59. The number of nitrogens with one attached hydrogen (secondary N) is 1. The van der Waals surface area contributed by atoms with Crippen LogP contribution in [0.3, 0.4) is 0 Å². The topological polar surface area (TPSA) is 86.8 Å². The van der Waals surface area contributed by atoms with Gasteiger partial charge in [0.2, 0.25) is 5.91 Å². The number of hydrogen-bond donors (Lipinski definition) is 2. The molecule has 28 heavy (non-hydrogen) atoms. The van der Waals surface area contributed by atoms with E-state index in [0.29, 0.717) is 18.9 Å². The number of pyridine rings is 1. The van der Waals surface area contributed by atoms with Gasteiger partial charge in [-0.2, -0.15) is 0 Å². The highest BCUT2D eigenvalue weighted by molar-refractivity contribution is 5.80. The van der Waals surface area contributed by atoms with Crippen molar-refractivity contribution in [1.82, 2.24) is 15.2 Å². The molecule has 2 aliphatic rings. The highest BCUT2D eigenvalue weighted by Gasteiger charge is 2.23. The molecule has 1 unspecified atom stereocenters. The highest BCUT2D eigenvalue weighted by Crippen LogP contribution is 2.20. The van der Waals surface area contributed by atoms with Gasteiger partial charge in [0.25, 0.3) is 0 Å². The van der Waals surface area contributed by atoms with Gasteiger partial charge in [-0.1, -0.05) is 12.8 Å². The molecule has 0 radical (unpaired) electrons. The van der Waals surface area contributed by atoms with E-state index in [4.69, 9.17) is 5.73 Å². The number of piperidine rings is 1. The summed E-state index contributed by atoms with van der Waals surface area (Å²) in [6.07, 6.45) is 9.62. The van der Waals surface area contributed by atoms with Crippen molar-refractivity contribution < 1.29 is 4.79 Å².